The number of hydrogen-bond donors (Lipinski definition) is 0. The van der Waals surface area contributed by atoms with Gasteiger partial charge in [0.2, 0.25) is 0 Å². The van der Waals surface area contributed by atoms with Gasteiger partial charge in [0.1, 0.15) is 0 Å². The van der Waals surface area contributed by atoms with Gasteiger partial charge in [0.05, 0.1) is 17.1 Å². The summed E-state index contributed by atoms with van der Waals surface area (Å²) < 4.78 is 0. The molecule has 0 N–H and O–H groups in total. The van der Waals surface area contributed by atoms with Crippen LogP contribution in [0.3, 0.4) is 0 Å². The van der Waals surface area contributed by atoms with Crippen LogP contribution in [0.25, 0.3) is 44.9 Å². The quantitative estimate of drug-likeness (QED) is 0.249. The third-order valence-corrected chi connectivity index (χ3v) is 6.55. The Morgan fingerprint density at radius 1 is 0.444 bits per heavy atom. The van der Waals surface area contributed by atoms with Gasteiger partial charge in [0.15, 0.2) is 0 Å². The van der Waals surface area contributed by atoms with Gasteiger partial charge in [-0.1, -0.05) is 45.9 Å². The maximum Gasteiger partial charge on any atom is 0.0702 e. The van der Waals surface area contributed by atoms with E-state index in [1.165, 1.54) is 22.3 Å². The molecule has 0 radical (unpaired) electrons. The molecule has 0 atom stereocenters. The van der Waals surface area contributed by atoms with Crippen LogP contribution in [0.15, 0.2) is 104 Å². The summed E-state index contributed by atoms with van der Waals surface area (Å²) >= 11 is 0. The lowest BCUT2D eigenvalue weighted by molar-refractivity contribution is 0.838. The van der Waals surface area contributed by atoms with E-state index >= 15 is 0 Å². The van der Waals surface area contributed by atoms with Crippen LogP contribution in [0.4, 0.5) is 0 Å². The van der Waals surface area contributed by atoms with E-state index in [1.54, 1.807) is 0 Å². The predicted octanol–water partition coefficient (Wildman–Crippen LogP) is 8.79. The van der Waals surface area contributed by atoms with Gasteiger partial charge in [-0.05, 0) is 101 Å². The molecular formula is C33H31N3. The normalized spacial score (nSPS) is 11.3. The maximum atomic E-state index is 4.66. The molecule has 5 aromatic rings. The summed E-state index contributed by atoms with van der Waals surface area (Å²) in [7, 11) is 0. The minimum Gasteiger partial charge on any atom is -0.256 e. The van der Waals surface area contributed by atoms with Gasteiger partial charge in [-0.15, -0.1) is 0 Å². The SMILES string of the molecule is CC(C)c1cc(-c2ccccn2)cc(C(C)C)c1-c1cc(-c2ccccn2)cc(-c2ccccn2)c1. The van der Waals surface area contributed by atoms with Crippen molar-refractivity contribution >= 4 is 0 Å². The molecule has 5 rings (SSSR count). The highest BCUT2D eigenvalue weighted by Gasteiger charge is 2.20. The van der Waals surface area contributed by atoms with Crippen LogP contribution < -0.4 is 0 Å². The van der Waals surface area contributed by atoms with Crippen molar-refractivity contribution in [3.63, 3.8) is 0 Å². The fourth-order valence-electron chi connectivity index (χ4n) is 4.75. The number of pyridine rings is 3. The Hall–Kier alpha value is -4.11. The maximum absolute atomic E-state index is 4.66. The second-order valence-electron chi connectivity index (χ2n) is 9.78. The zero-order valence-electron chi connectivity index (χ0n) is 21.3. The lowest BCUT2D eigenvalue weighted by Crippen LogP contribution is -2.02. The topological polar surface area (TPSA) is 38.7 Å². The molecular weight excluding hydrogens is 438 g/mol. The molecule has 3 heteroatoms. The average Bonchev–Trinajstić information content (AvgIpc) is 2.93. The van der Waals surface area contributed by atoms with E-state index in [0.29, 0.717) is 11.8 Å². The Morgan fingerprint density at radius 3 is 1.14 bits per heavy atom. The first-order chi connectivity index (χ1) is 17.5. The highest BCUT2D eigenvalue weighted by molar-refractivity contribution is 5.84. The van der Waals surface area contributed by atoms with Gasteiger partial charge in [-0.25, -0.2) is 0 Å². The summed E-state index contributed by atoms with van der Waals surface area (Å²) in [4.78, 5) is 14.0. The highest BCUT2D eigenvalue weighted by Crippen LogP contribution is 2.41. The molecule has 0 amide bonds. The first-order valence-corrected chi connectivity index (χ1v) is 12.6. The van der Waals surface area contributed by atoms with Crippen molar-refractivity contribution in [2.75, 3.05) is 0 Å². The smallest absolute Gasteiger partial charge is 0.0702 e. The van der Waals surface area contributed by atoms with Crippen LogP contribution in [0.2, 0.25) is 0 Å². The lowest BCUT2D eigenvalue weighted by Gasteiger charge is -2.23. The molecule has 3 aromatic heterocycles. The van der Waals surface area contributed by atoms with Crippen LogP contribution in [0.1, 0.15) is 50.7 Å². The van der Waals surface area contributed by atoms with E-state index < -0.39 is 0 Å². The number of rotatable bonds is 6. The number of nitrogens with zero attached hydrogens (tertiary/aromatic N) is 3. The molecule has 0 saturated carbocycles. The average molecular weight is 470 g/mol. The summed E-state index contributed by atoms with van der Waals surface area (Å²) in [6.07, 6.45) is 5.56. The van der Waals surface area contributed by atoms with Crippen molar-refractivity contribution in [3.8, 4) is 44.9 Å². The van der Waals surface area contributed by atoms with Crippen LogP contribution in [-0.2, 0) is 0 Å². The standard InChI is InChI=1S/C33H31N3/c1-22(2)28-20-26(32-13-7-10-16-36-32)21-29(23(3)4)33(28)27-18-24(30-11-5-8-14-34-30)17-25(19-27)31-12-6-9-15-35-31/h5-23H,1-4H3. The zero-order valence-corrected chi connectivity index (χ0v) is 21.3. The van der Waals surface area contributed by atoms with Crippen molar-refractivity contribution < 1.29 is 0 Å². The van der Waals surface area contributed by atoms with Crippen LogP contribution in [0.5, 0.6) is 0 Å². The number of aromatic nitrogens is 3. The third kappa shape index (κ3) is 4.83. The molecule has 0 fully saturated rings. The van der Waals surface area contributed by atoms with Crippen molar-refractivity contribution in [2.45, 2.75) is 39.5 Å². The van der Waals surface area contributed by atoms with E-state index in [-0.39, 0.29) is 0 Å². The summed E-state index contributed by atoms with van der Waals surface area (Å²) in [5.74, 6) is 0.691. The summed E-state index contributed by atoms with van der Waals surface area (Å²) in [5, 5.41) is 0. The van der Waals surface area contributed by atoms with E-state index in [9.17, 15) is 0 Å². The number of benzene rings is 2. The molecule has 3 heterocycles. The first-order valence-electron chi connectivity index (χ1n) is 12.6. The number of hydrogen-bond acceptors (Lipinski definition) is 3. The van der Waals surface area contributed by atoms with Gasteiger partial charge in [0, 0.05) is 35.3 Å². The molecule has 2 aromatic carbocycles. The van der Waals surface area contributed by atoms with Crippen molar-refractivity contribution in [3.05, 3.63) is 115 Å². The van der Waals surface area contributed by atoms with Crippen LogP contribution >= 0.6 is 0 Å². The Bertz CT molecular complexity index is 1370. The van der Waals surface area contributed by atoms with Crippen molar-refractivity contribution in [1.82, 2.24) is 15.0 Å². The van der Waals surface area contributed by atoms with Gasteiger partial charge in [-0.2, -0.15) is 0 Å². The molecule has 0 bridgehead atoms. The highest BCUT2D eigenvalue weighted by atomic mass is 14.7. The lowest BCUT2D eigenvalue weighted by atomic mass is 9.82. The molecule has 178 valence electrons. The van der Waals surface area contributed by atoms with Crippen LogP contribution in [0, 0.1) is 0 Å². The molecule has 0 aliphatic carbocycles. The largest absolute Gasteiger partial charge is 0.256 e. The van der Waals surface area contributed by atoms with E-state index in [4.69, 9.17) is 0 Å². The monoisotopic (exact) mass is 469 g/mol. The van der Waals surface area contributed by atoms with Gasteiger partial charge >= 0.3 is 0 Å². The molecule has 3 nitrogen and oxygen atoms in total. The van der Waals surface area contributed by atoms with Gasteiger partial charge in [-0.3, -0.25) is 15.0 Å². The second kappa shape index (κ2) is 10.2. The third-order valence-electron chi connectivity index (χ3n) is 6.55. The Morgan fingerprint density at radius 2 is 0.806 bits per heavy atom. The van der Waals surface area contributed by atoms with Crippen molar-refractivity contribution in [1.29, 1.82) is 0 Å². The molecule has 0 aliphatic rings. The minimum atomic E-state index is 0.345. The van der Waals surface area contributed by atoms with Gasteiger partial charge < -0.3 is 0 Å². The van der Waals surface area contributed by atoms with E-state index in [1.807, 2.05) is 48.9 Å². The summed E-state index contributed by atoms with van der Waals surface area (Å²) in [6.45, 7) is 9.08. The van der Waals surface area contributed by atoms with Gasteiger partial charge in [0.25, 0.3) is 0 Å². The summed E-state index contributed by atoms with van der Waals surface area (Å²) in [5.41, 5.74) is 11.4. The molecule has 0 aliphatic heterocycles. The first kappa shape index (κ1) is 23.6. The summed E-state index contributed by atoms with van der Waals surface area (Å²) in [6, 6.07) is 29.6. The Labute approximate surface area is 214 Å². The van der Waals surface area contributed by atoms with Crippen LogP contribution in [-0.4, -0.2) is 15.0 Å². The molecule has 0 saturated heterocycles. The fourth-order valence-corrected chi connectivity index (χ4v) is 4.75. The minimum absolute atomic E-state index is 0.345. The van der Waals surface area contributed by atoms with Crippen molar-refractivity contribution in [2.24, 2.45) is 0 Å². The zero-order chi connectivity index (χ0) is 25.1. The Balaban J connectivity index is 1.80. The van der Waals surface area contributed by atoms with E-state index in [0.717, 1.165) is 33.8 Å². The molecule has 0 unspecified atom stereocenters. The second-order valence-corrected chi connectivity index (χ2v) is 9.78. The predicted molar refractivity (Wildman–Crippen MR) is 150 cm³/mol. The van der Waals surface area contributed by atoms with E-state index in [2.05, 4.69) is 97.2 Å². The fraction of sp³-hybridized carbons (Fsp3) is 0.182. The Kier molecular flexibility index (Phi) is 6.73. The molecule has 36 heavy (non-hydrogen) atoms. The molecule has 0 spiro atoms.